The van der Waals surface area contributed by atoms with Gasteiger partial charge in [0.1, 0.15) is 5.78 Å². The van der Waals surface area contributed by atoms with Crippen LogP contribution in [0.3, 0.4) is 0 Å². The fourth-order valence-corrected chi connectivity index (χ4v) is 4.93. The monoisotopic (exact) mass is 465 g/mol. The molecule has 0 spiro atoms. The Morgan fingerprint density at radius 1 is 1.06 bits per heavy atom. The summed E-state index contributed by atoms with van der Waals surface area (Å²) in [7, 11) is 0. The quantitative estimate of drug-likeness (QED) is 0.366. The molecule has 2 aromatic heterocycles. The predicted molar refractivity (Wildman–Crippen MR) is 134 cm³/mol. The SMILES string of the molecule is CCCC(=O)CCc1cnc2c(C(=O)CN3CCCCC3)c(C)n(-c3ccc(Cl)cc3)c2c1. The van der Waals surface area contributed by atoms with E-state index in [2.05, 4.69) is 15.5 Å². The first-order chi connectivity index (χ1) is 16.0. The number of ketones is 2. The number of carbonyl (C=O) groups is 2. The second kappa shape index (κ2) is 10.6. The maximum absolute atomic E-state index is 13.5. The number of hydrogen-bond acceptors (Lipinski definition) is 4. The number of aryl methyl sites for hydroxylation is 1. The summed E-state index contributed by atoms with van der Waals surface area (Å²) in [6.07, 6.45) is 8.03. The van der Waals surface area contributed by atoms with Crippen LogP contribution in [0.2, 0.25) is 5.02 Å². The van der Waals surface area contributed by atoms with Crippen molar-refractivity contribution in [3.8, 4) is 5.69 Å². The van der Waals surface area contributed by atoms with E-state index in [1.54, 1.807) is 0 Å². The summed E-state index contributed by atoms with van der Waals surface area (Å²) in [6, 6.07) is 9.73. The van der Waals surface area contributed by atoms with Crippen molar-refractivity contribution in [2.24, 2.45) is 0 Å². The lowest BCUT2D eigenvalue weighted by atomic mass is 10.0. The minimum atomic E-state index is 0.116. The van der Waals surface area contributed by atoms with Gasteiger partial charge in [0.05, 0.1) is 23.1 Å². The number of likely N-dealkylation sites (tertiary alicyclic amines) is 1. The molecule has 3 aromatic rings. The van der Waals surface area contributed by atoms with Crippen LogP contribution < -0.4 is 0 Å². The Morgan fingerprint density at radius 2 is 1.79 bits per heavy atom. The highest BCUT2D eigenvalue weighted by Crippen LogP contribution is 2.30. The van der Waals surface area contributed by atoms with Crippen LogP contribution in [0.1, 0.15) is 67.1 Å². The van der Waals surface area contributed by atoms with Crippen LogP contribution in [0.4, 0.5) is 0 Å². The summed E-state index contributed by atoms with van der Waals surface area (Å²) in [4.78, 5) is 32.5. The molecule has 0 amide bonds. The first-order valence-corrected chi connectivity index (χ1v) is 12.4. The predicted octanol–water partition coefficient (Wildman–Crippen LogP) is 5.96. The Bertz CT molecular complexity index is 1140. The smallest absolute Gasteiger partial charge is 0.180 e. The van der Waals surface area contributed by atoms with Crippen LogP contribution in [0.25, 0.3) is 16.7 Å². The molecule has 174 valence electrons. The second-order valence-corrected chi connectivity index (χ2v) is 9.47. The van der Waals surface area contributed by atoms with Crippen LogP contribution in [0.15, 0.2) is 36.5 Å². The number of halogens is 1. The molecule has 6 heteroatoms. The zero-order valence-electron chi connectivity index (χ0n) is 19.6. The number of nitrogens with zero attached hydrogens (tertiary/aromatic N) is 3. The standard InChI is InChI=1S/C27H32ClN3O2/c1-3-7-23(32)13-8-20-16-24-27(29-17-20)26(25(33)18-30-14-5-4-6-15-30)19(2)31(24)22-11-9-21(28)10-12-22/h9-12,16-17H,3-8,13-15,18H2,1-2H3. The summed E-state index contributed by atoms with van der Waals surface area (Å²) < 4.78 is 2.10. The number of aromatic nitrogens is 2. The van der Waals surface area contributed by atoms with Gasteiger partial charge in [-0.2, -0.15) is 0 Å². The Kier molecular flexibility index (Phi) is 7.61. The lowest BCUT2D eigenvalue weighted by Crippen LogP contribution is -2.34. The minimum absolute atomic E-state index is 0.116. The highest BCUT2D eigenvalue weighted by molar-refractivity contribution is 6.30. The number of carbonyl (C=O) groups excluding carboxylic acids is 2. The fraction of sp³-hybridized carbons (Fsp3) is 0.444. The van der Waals surface area contributed by atoms with Crippen molar-refractivity contribution in [2.45, 2.75) is 58.8 Å². The van der Waals surface area contributed by atoms with Crippen molar-refractivity contribution in [1.82, 2.24) is 14.5 Å². The number of benzene rings is 1. The normalized spacial score (nSPS) is 14.6. The van der Waals surface area contributed by atoms with Crippen LogP contribution >= 0.6 is 11.6 Å². The molecule has 0 N–H and O–H groups in total. The molecule has 0 bridgehead atoms. The summed E-state index contributed by atoms with van der Waals surface area (Å²) >= 11 is 6.13. The summed E-state index contributed by atoms with van der Waals surface area (Å²) in [5, 5.41) is 0.669. The van der Waals surface area contributed by atoms with E-state index in [0.717, 1.165) is 60.3 Å². The van der Waals surface area contributed by atoms with E-state index in [-0.39, 0.29) is 11.6 Å². The highest BCUT2D eigenvalue weighted by Gasteiger charge is 2.24. The molecule has 4 rings (SSSR count). The molecular formula is C27H32ClN3O2. The molecule has 1 saturated heterocycles. The van der Waals surface area contributed by atoms with E-state index < -0.39 is 0 Å². The van der Waals surface area contributed by atoms with Crippen LogP contribution in [0, 0.1) is 6.92 Å². The molecule has 5 nitrogen and oxygen atoms in total. The average molecular weight is 466 g/mol. The molecule has 0 unspecified atom stereocenters. The third-order valence-corrected chi connectivity index (χ3v) is 6.75. The first-order valence-electron chi connectivity index (χ1n) is 12.0. The lowest BCUT2D eigenvalue weighted by molar-refractivity contribution is -0.119. The maximum Gasteiger partial charge on any atom is 0.180 e. The van der Waals surface area contributed by atoms with Crippen molar-refractivity contribution in [3.63, 3.8) is 0 Å². The van der Waals surface area contributed by atoms with E-state index >= 15 is 0 Å². The zero-order valence-corrected chi connectivity index (χ0v) is 20.3. The summed E-state index contributed by atoms with van der Waals surface area (Å²) in [6.45, 7) is 6.39. The number of pyridine rings is 1. The van der Waals surface area contributed by atoms with Gasteiger partial charge < -0.3 is 4.57 Å². The van der Waals surface area contributed by atoms with Crippen molar-refractivity contribution in [2.75, 3.05) is 19.6 Å². The van der Waals surface area contributed by atoms with Crippen molar-refractivity contribution in [1.29, 1.82) is 0 Å². The number of rotatable bonds is 9. The number of hydrogen-bond donors (Lipinski definition) is 0. The molecule has 0 radical (unpaired) electrons. The number of Topliss-reactive ketones (excluding diaryl/α,β-unsaturated/α-hetero) is 2. The molecule has 3 heterocycles. The van der Waals surface area contributed by atoms with E-state index in [9.17, 15) is 9.59 Å². The fourth-order valence-electron chi connectivity index (χ4n) is 4.80. The van der Waals surface area contributed by atoms with Gasteiger partial charge in [-0.25, -0.2) is 0 Å². The Balaban J connectivity index is 1.74. The molecule has 1 fully saturated rings. The number of piperidine rings is 1. The number of fused-ring (bicyclic) bond motifs is 1. The van der Waals surface area contributed by atoms with Gasteiger partial charge in [0.15, 0.2) is 5.78 Å². The van der Waals surface area contributed by atoms with Gasteiger partial charge in [-0.1, -0.05) is 24.9 Å². The van der Waals surface area contributed by atoms with Gasteiger partial charge in [0, 0.05) is 35.4 Å². The highest BCUT2D eigenvalue weighted by atomic mass is 35.5. The van der Waals surface area contributed by atoms with Crippen LogP contribution in [-0.4, -0.2) is 45.7 Å². The maximum atomic E-state index is 13.5. The zero-order chi connectivity index (χ0) is 23.4. The molecule has 1 aliphatic heterocycles. The van der Waals surface area contributed by atoms with Crippen LogP contribution in [-0.2, 0) is 11.2 Å². The van der Waals surface area contributed by atoms with E-state index in [1.165, 1.54) is 6.42 Å². The molecular weight excluding hydrogens is 434 g/mol. The van der Waals surface area contributed by atoms with Gasteiger partial charge >= 0.3 is 0 Å². The largest absolute Gasteiger partial charge is 0.312 e. The Hall–Kier alpha value is -2.50. The van der Waals surface area contributed by atoms with Crippen molar-refractivity contribution in [3.05, 3.63) is 58.4 Å². The van der Waals surface area contributed by atoms with Gasteiger partial charge in [0.2, 0.25) is 0 Å². The molecule has 33 heavy (non-hydrogen) atoms. The van der Waals surface area contributed by atoms with Crippen molar-refractivity contribution < 1.29 is 9.59 Å². The first kappa shape index (κ1) is 23.7. The topological polar surface area (TPSA) is 55.2 Å². The second-order valence-electron chi connectivity index (χ2n) is 9.03. The van der Waals surface area contributed by atoms with Crippen LogP contribution in [0.5, 0.6) is 0 Å². The molecule has 1 aliphatic rings. The molecule has 0 aliphatic carbocycles. The van der Waals surface area contributed by atoms with E-state index in [0.29, 0.717) is 36.4 Å². The van der Waals surface area contributed by atoms with Gasteiger partial charge in [-0.05, 0) is 81.6 Å². The summed E-state index contributed by atoms with van der Waals surface area (Å²) in [5.74, 6) is 0.393. The van der Waals surface area contributed by atoms with Gasteiger partial charge in [-0.15, -0.1) is 0 Å². The minimum Gasteiger partial charge on any atom is -0.312 e. The molecule has 0 saturated carbocycles. The molecule has 0 atom stereocenters. The van der Waals surface area contributed by atoms with E-state index in [1.807, 2.05) is 44.3 Å². The molecule has 1 aromatic carbocycles. The van der Waals surface area contributed by atoms with Gasteiger partial charge in [-0.3, -0.25) is 19.5 Å². The third-order valence-electron chi connectivity index (χ3n) is 6.50. The Labute approximate surface area is 200 Å². The lowest BCUT2D eigenvalue weighted by Gasteiger charge is -2.25. The average Bonchev–Trinajstić information content (AvgIpc) is 3.10. The van der Waals surface area contributed by atoms with Gasteiger partial charge in [0.25, 0.3) is 0 Å². The third kappa shape index (κ3) is 5.36. The van der Waals surface area contributed by atoms with E-state index in [4.69, 9.17) is 16.6 Å². The summed E-state index contributed by atoms with van der Waals surface area (Å²) in [5.41, 5.74) is 5.17. The van der Waals surface area contributed by atoms with Crippen molar-refractivity contribution >= 4 is 34.2 Å². The Morgan fingerprint density at radius 3 is 2.48 bits per heavy atom.